The normalized spacial score (nSPS) is 13.7. The second-order valence-electron chi connectivity index (χ2n) is 7.30. The van der Waals surface area contributed by atoms with Crippen molar-refractivity contribution < 1.29 is 9.90 Å². The fourth-order valence-corrected chi connectivity index (χ4v) is 4.75. The van der Waals surface area contributed by atoms with Gasteiger partial charge in [0, 0.05) is 35.3 Å². The number of thiophene rings is 1. The second-order valence-corrected chi connectivity index (χ2v) is 8.35. The molecule has 0 atom stereocenters. The Kier molecular flexibility index (Phi) is 4.80. The molecule has 1 saturated heterocycles. The molecular formula is C23H20N4O2S. The van der Waals surface area contributed by atoms with Crippen molar-refractivity contribution in [1.29, 1.82) is 0 Å². The number of likely N-dealkylation sites (tertiary alicyclic amines) is 1. The van der Waals surface area contributed by atoms with Crippen molar-refractivity contribution in [2.75, 3.05) is 18.4 Å². The molecule has 2 aromatic carbocycles. The maximum absolute atomic E-state index is 12.6. The number of hydrogen-bond donors (Lipinski definition) is 2. The minimum atomic E-state index is 0.110. The van der Waals surface area contributed by atoms with Crippen LogP contribution in [0.25, 0.3) is 20.7 Å². The molecule has 7 heteroatoms. The van der Waals surface area contributed by atoms with Crippen LogP contribution in [0.5, 0.6) is 5.75 Å². The zero-order valence-electron chi connectivity index (χ0n) is 16.2. The lowest BCUT2D eigenvalue weighted by Crippen LogP contribution is -2.27. The molecule has 0 aliphatic carbocycles. The molecule has 0 unspecified atom stereocenters. The Labute approximate surface area is 177 Å². The lowest BCUT2D eigenvalue weighted by molar-refractivity contribution is 0.0793. The van der Waals surface area contributed by atoms with Gasteiger partial charge in [-0.15, -0.1) is 11.3 Å². The van der Waals surface area contributed by atoms with Crippen molar-refractivity contribution in [3.63, 3.8) is 0 Å². The Bertz CT molecular complexity index is 1210. The zero-order chi connectivity index (χ0) is 20.5. The van der Waals surface area contributed by atoms with Crippen molar-refractivity contribution in [3.8, 4) is 16.2 Å². The Balaban J connectivity index is 1.43. The summed E-state index contributed by atoms with van der Waals surface area (Å²) < 4.78 is 0.938. The van der Waals surface area contributed by atoms with E-state index >= 15 is 0 Å². The van der Waals surface area contributed by atoms with Crippen LogP contribution in [0.2, 0.25) is 0 Å². The summed E-state index contributed by atoms with van der Waals surface area (Å²) in [5.74, 6) is 1.00. The third-order valence-corrected chi connectivity index (χ3v) is 6.41. The highest BCUT2D eigenvalue weighted by Crippen LogP contribution is 2.36. The number of aromatic hydroxyl groups is 1. The molecule has 2 N–H and O–H groups in total. The SMILES string of the molecule is O=C(c1ccc(-c2cc3ncnc(Nc4cccc(O)c4)c3s2)cc1)N1CCCC1. The van der Waals surface area contributed by atoms with Crippen molar-refractivity contribution in [3.05, 3.63) is 66.5 Å². The average molecular weight is 417 g/mol. The summed E-state index contributed by atoms with van der Waals surface area (Å²) in [6.45, 7) is 1.70. The third-order valence-electron chi connectivity index (χ3n) is 5.23. The standard InChI is InChI=1S/C23H20N4O2S/c28-18-5-3-4-17(12-18)26-22-21-19(24-14-25-22)13-20(30-21)15-6-8-16(9-7-15)23(29)27-10-1-2-11-27/h3-9,12-14,28H,1-2,10-11H2,(H,24,25,26). The number of carbonyl (C=O) groups excluding carboxylic acids is 1. The summed E-state index contributed by atoms with van der Waals surface area (Å²) in [6, 6.07) is 16.7. The first-order valence-corrected chi connectivity index (χ1v) is 10.7. The monoisotopic (exact) mass is 416 g/mol. The maximum Gasteiger partial charge on any atom is 0.253 e. The lowest BCUT2D eigenvalue weighted by atomic mass is 10.1. The molecule has 30 heavy (non-hydrogen) atoms. The number of anilines is 2. The smallest absolute Gasteiger partial charge is 0.253 e. The summed E-state index contributed by atoms with van der Waals surface area (Å²) in [5.41, 5.74) is 3.38. The number of rotatable bonds is 4. The average Bonchev–Trinajstić information content (AvgIpc) is 3.44. The van der Waals surface area contributed by atoms with E-state index in [1.54, 1.807) is 29.5 Å². The number of phenolic OH excluding ortho intramolecular Hbond substituents is 1. The first kappa shape index (κ1) is 18.6. The molecule has 0 spiro atoms. The predicted octanol–water partition coefficient (Wildman–Crippen LogP) is 5.04. The van der Waals surface area contributed by atoms with Crippen LogP contribution in [0.3, 0.4) is 0 Å². The number of carbonyl (C=O) groups is 1. The lowest BCUT2D eigenvalue weighted by Gasteiger charge is -2.15. The minimum absolute atomic E-state index is 0.110. The van der Waals surface area contributed by atoms with Crippen LogP contribution >= 0.6 is 11.3 Å². The van der Waals surface area contributed by atoms with Crippen LogP contribution < -0.4 is 5.32 Å². The molecule has 6 nitrogen and oxygen atoms in total. The van der Waals surface area contributed by atoms with Gasteiger partial charge in [0.25, 0.3) is 5.91 Å². The fourth-order valence-electron chi connectivity index (χ4n) is 3.69. The van der Waals surface area contributed by atoms with Gasteiger partial charge in [-0.2, -0.15) is 0 Å². The number of nitrogens with zero attached hydrogens (tertiary/aromatic N) is 3. The van der Waals surface area contributed by atoms with E-state index in [1.165, 1.54) is 6.33 Å². The van der Waals surface area contributed by atoms with Gasteiger partial charge in [0.05, 0.1) is 10.2 Å². The fraction of sp³-hybridized carbons (Fsp3) is 0.174. The molecule has 0 saturated carbocycles. The molecule has 4 aromatic rings. The molecule has 150 valence electrons. The Morgan fingerprint density at radius 2 is 1.83 bits per heavy atom. The first-order valence-electron chi connectivity index (χ1n) is 9.88. The molecule has 1 fully saturated rings. The van der Waals surface area contributed by atoms with E-state index in [9.17, 15) is 9.90 Å². The summed E-state index contributed by atoms with van der Waals surface area (Å²) in [7, 11) is 0. The maximum atomic E-state index is 12.6. The quantitative estimate of drug-likeness (QED) is 0.487. The predicted molar refractivity (Wildman–Crippen MR) is 119 cm³/mol. The summed E-state index contributed by atoms with van der Waals surface area (Å²) in [6.07, 6.45) is 3.71. The first-order chi connectivity index (χ1) is 14.7. The van der Waals surface area contributed by atoms with Crippen LogP contribution in [0.15, 0.2) is 60.9 Å². The molecule has 0 bridgehead atoms. The highest BCUT2D eigenvalue weighted by atomic mass is 32.1. The van der Waals surface area contributed by atoms with Gasteiger partial charge in [-0.05, 0) is 48.7 Å². The van der Waals surface area contributed by atoms with Gasteiger partial charge in [0.2, 0.25) is 0 Å². The van der Waals surface area contributed by atoms with Gasteiger partial charge in [-0.3, -0.25) is 4.79 Å². The minimum Gasteiger partial charge on any atom is -0.508 e. The zero-order valence-corrected chi connectivity index (χ0v) is 17.0. The van der Waals surface area contributed by atoms with Gasteiger partial charge < -0.3 is 15.3 Å². The molecule has 1 aliphatic rings. The summed E-state index contributed by atoms with van der Waals surface area (Å²) in [5, 5.41) is 12.9. The van der Waals surface area contributed by atoms with Crippen LogP contribution in [0.1, 0.15) is 23.2 Å². The molecule has 1 aliphatic heterocycles. The number of fused-ring (bicyclic) bond motifs is 1. The number of hydrogen-bond acceptors (Lipinski definition) is 6. The van der Waals surface area contributed by atoms with E-state index in [1.807, 2.05) is 41.3 Å². The molecule has 1 amide bonds. The van der Waals surface area contributed by atoms with E-state index in [0.717, 1.165) is 57.8 Å². The Morgan fingerprint density at radius 1 is 1.03 bits per heavy atom. The van der Waals surface area contributed by atoms with Crippen molar-refractivity contribution >= 4 is 39.0 Å². The number of nitrogens with one attached hydrogen (secondary N) is 1. The number of benzene rings is 2. The largest absolute Gasteiger partial charge is 0.508 e. The number of amides is 1. The van der Waals surface area contributed by atoms with Crippen LogP contribution in [0, 0.1) is 0 Å². The van der Waals surface area contributed by atoms with E-state index in [2.05, 4.69) is 15.3 Å². The van der Waals surface area contributed by atoms with Gasteiger partial charge in [-0.25, -0.2) is 9.97 Å². The molecular weight excluding hydrogens is 396 g/mol. The van der Waals surface area contributed by atoms with E-state index in [-0.39, 0.29) is 11.7 Å². The van der Waals surface area contributed by atoms with Crippen molar-refractivity contribution in [2.24, 2.45) is 0 Å². The highest BCUT2D eigenvalue weighted by molar-refractivity contribution is 7.22. The van der Waals surface area contributed by atoms with Crippen LogP contribution in [0.4, 0.5) is 11.5 Å². The Morgan fingerprint density at radius 3 is 2.60 bits per heavy atom. The van der Waals surface area contributed by atoms with E-state index < -0.39 is 0 Å². The topological polar surface area (TPSA) is 78.3 Å². The number of phenols is 1. The van der Waals surface area contributed by atoms with Gasteiger partial charge in [0.1, 0.15) is 12.1 Å². The van der Waals surface area contributed by atoms with Gasteiger partial charge >= 0.3 is 0 Å². The van der Waals surface area contributed by atoms with E-state index in [0.29, 0.717) is 5.82 Å². The van der Waals surface area contributed by atoms with Gasteiger partial charge in [-0.1, -0.05) is 18.2 Å². The van der Waals surface area contributed by atoms with Crippen molar-refractivity contribution in [2.45, 2.75) is 12.8 Å². The van der Waals surface area contributed by atoms with Crippen LogP contribution in [-0.4, -0.2) is 39.0 Å². The molecule has 3 heterocycles. The number of aromatic nitrogens is 2. The molecule has 2 aromatic heterocycles. The molecule has 5 rings (SSSR count). The molecule has 0 radical (unpaired) electrons. The van der Waals surface area contributed by atoms with Crippen molar-refractivity contribution in [1.82, 2.24) is 14.9 Å². The third kappa shape index (κ3) is 3.59. The van der Waals surface area contributed by atoms with Gasteiger partial charge in [0.15, 0.2) is 5.82 Å². The van der Waals surface area contributed by atoms with E-state index in [4.69, 9.17) is 0 Å². The second kappa shape index (κ2) is 7.76. The Hall–Kier alpha value is -3.45. The summed E-state index contributed by atoms with van der Waals surface area (Å²) >= 11 is 1.59. The highest BCUT2D eigenvalue weighted by Gasteiger charge is 2.19. The summed E-state index contributed by atoms with van der Waals surface area (Å²) in [4.78, 5) is 24.3. The van der Waals surface area contributed by atoms with Crippen LogP contribution in [-0.2, 0) is 0 Å².